The summed E-state index contributed by atoms with van der Waals surface area (Å²) in [5.41, 5.74) is 7.67. The Kier molecular flexibility index (Phi) is 10.7. The Morgan fingerprint density at radius 2 is 1.57 bits per heavy atom. The summed E-state index contributed by atoms with van der Waals surface area (Å²) in [5, 5.41) is 2.82. The number of primary amides is 1. The highest BCUT2D eigenvalue weighted by Gasteiger charge is 2.29. The van der Waals surface area contributed by atoms with Crippen LogP contribution in [0.15, 0.2) is 71.6 Å². The first-order valence-corrected chi connectivity index (χ1v) is 14.5. The fourth-order valence-corrected chi connectivity index (χ4v) is 6.00. The van der Waals surface area contributed by atoms with Crippen LogP contribution in [-0.2, 0) is 32.6 Å². The molecule has 3 aromatic rings. The number of hydrogen-bond acceptors (Lipinski definition) is 5. The molecule has 0 bridgehead atoms. The first kappa shape index (κ1) is 31.1. The molecule has 3 rings (SSSR count). The number of benzene rings is 3. The molecule has 12 heteroatoms. The first-order valence-electron chi connectivity index (χ1n) is 12.3. The standard InChI is InChI=1S/C28H30Cl2N4O5S/c1-19-23(29)12-13-24(27(19)30)40(38,39)34(15-14-20-6-4-3-5-7-20)18-25(35)32-16-26(36)33(2)17-21-8-10-22(11-9-21)28(31)37/h3-13H,14-18H2,1-2H3,(H2,31,37)(H,32,35). The summed E-state index contributed by atoms with van der Waals surface area (Å²) in [5.74, 6) is -1.58. The minimum atomic E-state index is -4.19. The van der Waals surface area contributed by atoms with Gasteiger partial charge in [-0.25, -0.2) is 8.42 Å². The second kappa shape index (κ2) is 13.8. The van der Waals surface area contributed by atoms with E-state index in [1.54, 1.807) is 38.2 Å². The Balaban J connectivity index is 1.69. The summed E-state index contributed by atoms with van der Waals surface area (Å²) in [6.07, 6.45) is 0.355. The van der Waals surface area contributed by atoms with Gasteiger partial charge in [-0.05, 0) is 54.3 Å². The zero-order chi connectivity index (χ0) is 29.4. The van der Waals surface area contributed by atoms with Crippen LogP contribution < -0.4 is 11.1 Å². The average Bonchev–Trinajstić information content (AvgIpc) is 2.93. The molecular formula is C28H30Cl2N4O5S. The Morgan fingerprint density at radius 1 is 0.925 bits per heavy atom. The number of likely N-dealkylation sites (N-methyl/N-ethyl adjacent to an activating group) is 1. The van der Waals surface area contributed by atoms with Gasteiger partial charge in [0.25, 0.3) is 0 Å². The zero-order valence-electron chi connectivity index (χ0n) is 22.1. The minimum Gasteiger partial charge on any atom is -0.366 e. The van der Waals surface area contributed by atoms with Gasteiger partial charge in [-0.1, -0.05) is 65.7 Å². The van der Waals surface area contributed by atoms with Gasteiger partial charge in [0.2, 0.25) is 27.7 Å². The lowest BCUT2D eigenvalue weighted by atomic mass is 10.1. The maximum absolute atomic E-state index is 13.6. The molecule has 40 heavy (non-hydrogen) atoms. The number of nitrogens with two attached hydrogens (primary N) is 1. The Bertz CT molecular complexity index is 1480. The molecule has 0 heterocycles. The molecule has 3 amide bonds. The fraction of sp³-hybridized carbons (Fsp3) is 0.250. The van der Waals surface area contributed by atoms with Gasteiger partial charge in [0.1, 0.15) is 4.90 Å². The molecule has 3 aromatic carbocycles. The van der Waals surface area contributed by atoms with Gasteiger partial charge in [0.05, 0.1) is 18.1 Å². The van der Waals surface area contributed by atoms with Crippen LogP contribution in [0.4, 0.5) is 0 Å². The maximum Gasteiger partial charge on any atom is 0.248 e. The van der Waals surface area contributed by atoms with Crippen molar-refractivity contribution in [3.63, 3.8) is 0 Å². The van der Waals surface area contributed by atoms with E-state index in [0.29, 0.717) is 22.6 Å². The highest BCUT2D eigenvalue weighted by atomic mass is 35.5. The average molecular weight is 606 g/mol. The number of carbonyl (C=O) groups excluding carboxylic acids is 3. The molecule has 3 N–H and O–H groups in total. The second-order valence-corrected chi connectivity index (χ2v) is 11.8. The van der Waals surface area contributed by atoms with Gasteiger partial charge in [-0.15, -0.1) is 0 Å². The molecule has 0 fully saturated rings. The Morgan fingerprint density at radius 3 is 2.20 bits per heavy atom. The van der Waals surface area contributed by atoms with E-state index in [-0.39, 0.29) is 35.5 Å². The number of carbonyl (C=O) groups is 3. The summed E-state index contributed by atoms with van der Waals surface area (Å²) in [6.45, 7) is 1.01. The first-order chi connectivity index (χ1) is 18.9. The third-order valence-corrected chi connectivity index (χ3v) is 9.13. The zero-order valence-corrected chi connectivity index (χ0v) is 24.4. The fourth-order valence-electron chi connectivity index (χ4n) is 3.82. The second-order valence-electron chi connectivity index (χ2n) is 9.15. The van der Waals surface area contributed by atoms with Gasteiger partial charge in [-0.3, -0.25) is 14.4 Å². The van der Waals surface area contributed by atoms with Crippen molar-refractivity contribution in [1.29, 1.82) is 0 Å². The number of nitrogens with one attached hydrogen (secondary N) is 1. The van der Waals surface area contributed by atoms with Gasteiger partial charge in [0.15, 0.2) is 0 Å². The molecule has 0 aliphatic heterocycles. The summed E-state index contributed by atoms with van der Waals surface area (Å²) >= 11 is 12.4. The van der Waals surface area contributed by atoms with E-state index in [1.165, 1.54) is 17.0 Å². The molecule has 0 aliphatic rings. The van der Waals surface area contributed by atoms with Crippen molar-refractivity contribution in [2.75, 3.05) is 26.7 Å². The summed E-state index contributed by atoms with van der Waals surface area (Å²) in [4.78, 5) is 38.0. The molecule has 0 unspecified atom stereocenters. The Labute approximate surface area is 243 Å². The number of hydrogen-bond donors (Lipinski definition) is 2. The SMILES string of the molecule is Cc1c(Cl)ccc(S(=O)(=O)N(CCc2ccccc2)CC(=O)NCC(=O)N(C)Cc2ccc(C(N)=O)cc2)c1Cl. The van der Waals surface area contributed by atoms with Crippen molar-refractivity contribution in [1.82, 2.24) is 14.5 Å². The van der Waals surface area contributed by atoms with Crippen LogP contribution in [0.2, 0.25) is 10.0 Å². The van der Waals surface area contributed by atoms with Crippen LogP contribution in [0, 0.1) is 6.92 Å². The lowest BCUT2D eigenvalue weighted by Crippen LogP contribution is -2.44. The van der Waals surface area contributed by atoms with Crippen LogP contribution in [0.3, 0.4) is 0 Å². The molecule has 9 nitrogen and oxygen atoms in total. The molecule has 0 saturated carbocycles. The number of halogens is 2. The van der Waals surface area contributed by atoms with Gasteiger partial charge < -0.3 is 16.0 Å². The summed E-state index contributed by atoms with van der Waals surface area (Å²) in [6, 6.07) is 18.5. The third kappa shape index (κ3) is 8.04. The lowest BCUT2D eigenvalue weighted by Gasteiger charge is -2.23. The normalized spacial score (nSPS) is 11.3. The predicted octanol–water partition coefficient (Wildman–Crippen LogP) is 3.41. The molecular weight excluding hydrogens is 575 g/mol. The van der Waals surface area contributed by atoms with E-state index in [1.807, 2.05) is 30.3 Å². The number of rotatable bonds is 12. The van der Waals surface area contributed by atoms with Gasteiger partial charge in [-0.2, -0.15) is 4.31 Å². The van der Waals surface area contributed by atoms with Crippen LogP contribution in [0.25, 0.3) is 0 Å². The van der Waals surface area contributed by atoms with E-state index in [0.717, 1.165) is 15.4 Å². The van der Waals surface area contributed by atoms with Crippen molar-refractivity contribution in [2.24, 2.45) is 5.73 Å². The Hall–Kier alpha value is -3.44. The number of sulfonamides is 1. The topological polar surface area (TPSA) is 130 Å². The number of amides is 3. The smallest absolute Gasteiger partial charge is 0.248 e. The molecule has 212 valence electrons. The van der Waals surface area contributed by atoms with Gasteiger partial charge in [0, 0.05) is 30.7 Å². The van der Waals surface area contributed by atoms with Crippen LogP contribution >= 0.6 is 23.2 Å². The van der Waals surface area contributed by atoms with E-state index in [9.17, 15) is 22.8 Å². The molecule has 0 atom stereocenters. The van der Waals surface area contributed by atoms with Crippen molar-refractivity contribution in [2.45, 2.75) is 24.8 Å². The van der Waals surface area contributed by atoms with Crippen LogP contribution in [0.5, 0.6) is 0 Å². The highest BCUT2D eigenvalue weighted by Crippen LogP contribution is 2.32. The molecule has 0 saturated heterocycles. The van der Waals surface area contributed by atoms with Crippen molar-refractivity contribution < 1.29 is 22.8 Å². The van der Waals surface area contributed by atoms with E-state index in [4.69, 9.17) is 28.9 Å². The predicted molar refractivity (Wildman–Crippen MR) is 155 cm³/mol. The summed E-state index contributed by atoms with van der Waals surface area (Å²) < 4.78 is 28.2. The van der Waals surface area contributed by atoms with Crippen LogP contribution in [-0.4, -0.2) is 62.0 Å². The third-order valence-electron chi connectivity index (χ3n) is 6.24. The quantitative estimate of drug-likeness (QED) is 0.327. The van der Waals surface area contributed by atoms with Crippen LogP contribution in [0.1, 0.15) is 27.0 Å². The largest absolute Gasteiger partial charge is 0.366 e. The minimum absolute atomic E-state index is 0.00686. The molecule has 0 aromatic heterocycles. The van der Waals surface area contributed by atoms with Crippen molar-refractivity contribution in [3.05, 3.63) is 99.0 Å². The summed E-state index contributed by atoms with van der Waals surface area (Å²) in [7, 11) is -2.62. The van der Waals surface area contributed by atoms with Gasteiger partial charge >= 0.3 is 0 Å². The molecule has 0 spiro atoms. The monoisotopic (exact) mass is 604 g/mol. The van der Waals surface area contributed by atoms with Crippen molar-refractivity contribution >= 4 is 50.9 Å². The van der Waals surface area contributed by atoms with Crippen molar-refractivity contribution in [3.8, 4) is 0 Å². The number of nitrogens with zero attached hydrogens (tertiary/aromatic N) is 2. The molecule has 0 aliphatic carbocycles. The van der Waals surface area contributed by atoms with E-state index >= 15 is 0 Å². The maximum atomic E-state index is 13.6. The lowest BCUT2D eigenvalue weighted by molar-refractivity contribution is -0.132. The van der Waals surface area contributed by atoms with E-state index in [2.05, 4.69) is 5.32 Å². The molecule has 0 radical (unpaired) electrons. The highest BCUT2D eigenvalue weighted by molar-refractivity contribution is 7.89. The van der Waals surface area contributed by atoms with E-state index < -0.39 is 28.4 Å².